The molecule has 28 heavy (non-hydrogen) atoms. The van der Waals surface area contributed by atoms with Crippen LogP contribution in [0.3, 0.4) is 0 Å². The first-order valence-corrected chi connectivity index (χ1v) is 10.0. The van der Waals surface area contributed by atoms with E-state index in [0.717, 1.165) is 23.2 Å². The molecule has 4 nitrogen and oxygen atoms in total. The third-order valence-electron chi connectivity index (χ3n) is 6.62. The van der Waals surface area contributed by atoms with E-state index in [-0.39, 0.29) is 10.8 Å². The van der Waals surface area contributed by atoms with Crippen LogP contribution in [0.25, 0.3) is 0 Å². The molecule has 2 saturated heterocycles. The van der Waals surface area contributed by atoms with Crippen molar-refractivity contribution in [3.8, 4) is 5.75 Å². The summed E-state index contributed by atoms with van der Waals surface area (Å²) < 4.78 is 0. The van der Waals surface area contributed by atoms with Crippen molar-refractivity contribution in [2.45, 2.75) is 59.3 Å². The summed E-state index contributed by atoms with van der Waals surface area (Å²) in [6.07, 6.45) is 0.696. The van der Waals surface area contributed by atoms with E-state index in [1.165, 1.54) is 5.56 Å². The Morgan fingerprint density at radius 1 is 1.07 bits per heavy atom. The fourth-order valence-corrected chi connectivity index (χ4v) is 5.51. The number of hydrogen-bond donors (Lipinski definition) is 2. The van der Waals surface area contributed by atoms with Gasteiger partial charge in [0, 0.05) is 23.9 Å². The van der Waals surface area contributed by atoms with Gasteiger partial charge in [0.25, 0.3) is 0 Å². The Balaban J connectivity index is 1.79. The molecule has 150 valence electrons. The number of hydrogen-bond acceptors (Lipinski definition) is 4. The summed E-state index contributed by atoms with van der Waals surface area (Å²) in [6.45, 7) is 13.9. The van der Waals surface area contributed by atoms with Gasteiger partial charge in [0.15, 0.2) is 5.60 Å². The molecule has 2 unspecified atom stereocenters. The van der Waals surface area contributed by atoms with Crippen LogP contribution in [0.15, 0.2) is 42.5 Å². The van der Waals surface area contributed by atoms with Gasteiger partial charge in [-0.1, -0.05) is 71.0 Å². The van der Waals surface area contributed by atoms with Crippen molar-refractivity contribution >= 4 is 0 Å². The minimum atomic E-state index is -0.762. The number of aryl methyl sites for hydroxylation is 1. The van der Waals surface area contributed by atoms with Crippen LogP contribution < -0.4 is 5.32 Å². The number of aromatic hydroxyl groups is 1. The SMILES string of the molecule is Cc1cc(Cc2ccccc2)c(O)cc1C12NCC(C)(C)C1(C(C)(C)C)OO2. The fraction of sp³-hybridized carbons (Fsp3) is 0.500. The molecule has 0 bridgehead atoms. The Bertz CT molecular complexity index is 900. The molecule has 0 aromatic heterocycles. The van der Waals surface area contributed by atoms with E-state index in [1.54, 1.807) is 0 Å². The molecule has 4 heteroatoms. The number of benzene rings is 2. The highest BCUT2D eigenvalue weighted by Gasteiger charge is 2.80. The standard InChI is InChI=1S/C24H31NO3/c1-16-12-18(13-17-10-8-7-9-11-17)20(26)14-19(16)23-24(28-27-23,21(2,3)4)22(5,6)15-25-23/h7-12,14,25-26H,13,15H2,1-6H3. The first-order chi connectivity index (χ1) is 13.0. The van der Waals surface area contributed by atoms with Crippen molar-refractivity contribution in [2.24, 2.45) is 10.8 Å². The molecule has 2 atom stereocenters. The Morgan fingerprint density at radius 2 is 1.75 bits per heavy atom. The Morgan fingerprint density at radius 3 is 2.32 bits per heavy atom. The van der Waals surface area contributed by atoms with E-state index in [4.69, 9.17) is 9.78 Å². The van der Waals surface area contributed by atoms with Crippen LogP contribution in [-0.2, 0) is 21.9 Å². The molecule has 4 rings (SSSR count). The molecular formula is C24H31NO3. The van der Waals surface area contributed by atoms with E-state index in [0.29, 0.717) is 12.2 Å². The van der Waals surface area contributed by atoms with E-state index < -0.39 is 11.3 Å². The second kappa shape index (κ2) is 6.06. The lowest BCUT2D eigenvalue weighted by molar-refractivity contribution is -0.591. The zero-order valence-corrected chi connectivity index (χ0v) is 17.7. The zero-order chi connectivity index (χ0) is 20.4. The summed E-state index contributed by atoms with van der Waals surface area (Å²) in [7, 11) is 0. The predicted octanol–water partition coefficient (Wildman–Crippen LogP) is 4.82. The molecule has 2 aliphatic rings. The summed E-state index contributed by atoms with van der Waals surface area (Å²) in [5.41, 5.74) is 2.54. The van der Waals surface area contributed by atoms with Crippen molar-refractivity contribution in [1.29, 1.82) is 0 Å². The second-order valence-electron chi connectivity index (χ2n) is 9.97. The summed E-state index contributed by atoms with van der Waals surface area (Å²) in [4.78, 5) is 11.8. The van der Waals surface area contributed by atoms with Gasteiger partial charge >= 0.3 is 0 Å². The minimum absolute atomic E-state index is 0.131. The van der Waals surface area contributed by atoms with Gasteiger partial charge in [-0.15, -0.1) is 0 Å². The van der Waals surface area contributed by atoms with Crippen molar-refractivity contribution in [3.63, 3.8) is 0 Å². The third kappa shape index (κ3) is 2.41. The number of rotatable bonds is 3. The fourth-order valence-electron chi connectivity index (χ4n) is 5.51. The van der Waals surface area contributed by atoms with E-state index in [1.807, 2.05) is 24.3 Å². The maximum atomic E-state index is 10.9. The lowest BCUT2D eigenvalue weighted by atomic mass is 9.57. The van der Waals surface area contributed by atoms with Gasteiger partial charge in [-0.25, -0.2) is 9.78 Å². The first-order valence-electron chi connectivity index (χ1n) is 10.0. The monoisotopic (exact) mass is 381 g/mol. The Labute approximate surface area is 167 Å². The Hall–Kier alpha value is -1.88. The quantitative estimate of drug-likeness (QED) is 0.749. The normalized spacial score (nSPS) is 28.6. The second-order valence-corrected chi connectivity index (χ2v) is 9.97. The van der Waals surface area contributed by atoms with Crippen LogP contribution in [0.4, 0.5) is 0 Å². The average molecular weight is 382 g/mol. The van der Waals surface area contributed by atoms with Gasteiger partial charge in [-0.3, -0.25) is 5.32 Å². The lowest BCUT2D eigenvalue weighted by Crippen LogP contribution is -2.75. The Kier molecular flexibility index (Phi) is 4.20. The summed E-state index contributed by atoms with van der Waals surface area (Å²) in [5, 5.41) is 14.5. The minimum Gasteiger partial charge on any atom is -0.508 e. The smallest absolute Gasteiger partial charge is 0.213 e. The van der Waals surface area contributed by atoms with E-state index in [2.05, 4.69) is 65.1 Å². The largest absolute Gasteiger partial charge is 0.508 e. The molecular weight excluding hydrogens is 350 g/mol. The van der Waals surface area contributed by atoms with Crippen LogP contribution in [0.1, 0.15) is 56.9 Å². The summed E-state index contributed by atoms with van der Waals surface area (Å²) >= 11 is 0. The zero-order valence-electron chi connectivity index (χ0n) is 17.7. The van der Waals surface area contributed by atoms with Gasteiger partial charge in [-0.05, 0) is 35.1 Å². The first kappa shape index (κ1) is 19.4. The molecule has 2 aromatic rings. The molecule has 0 spiro atoms. The van der Waals surface area contributed by atoms with E-state index in [9.17, 15) is 5.11 Å². The number of phenolic OH excluding ortho intramolecular Hbond substituents is 1. The van der Waals surface area contributed by atoms with Gasteiger partial charge in [-0.2, -0.15) is 0 Å². The highest BCUT2D eigenvalue weighted by atomic mass is 17.3. The van der Waals surface area contributed by atoms with Crippen LogP contribution in [0.5, 0.6) is 5.75 Å². The molecule has 0 amide bonds. The van der Waals surface area contributed by atoms with Crippen LogP contribution in [-0.4, -0.2) is 17.3 Å². The molecule has 2 N–H and O–H groups in total. The van der Waals surface area contributed by atoms with Crippen molar-refractivity contribution in [3.05, 3.63) is 64.7 Å². The highest BCUT2D eigenvalue weighted by Crippen LogP contribution is 2.67. The molecule has 2 heterocycles. The molecule has 2 fully saturated rings. The maximum absolute atomic E-state index is 10.9. The van der Waals surface area contributed by atoms with E-state index >= 15 is 0 Å². The molecule has 0 aliphatic carbocycles. The van der Waals surface area contributed by atoms with Crippen LogP contribution >= 0.6 is 0 Å². The molecule has 2 aromatic carbocycles. The van der Waals surface area contributed by atoms with Gasteiger partial charge in [0.2, 0.25) is 5.72 Å². The maximum Gasteiger partial charge on any atom is 0.213 e. The van der Waals surface area contributed by atoms with Gasteiger partial charge in [0.05, 0.1) is 0 Å². The van der Waals surface area contributed by atoms with Crippen LogP contribution in [0, 0.1) is 17.8 Å². The number of nitrogens with one attached hydrogen (secondary N) is 1. The molecule has 0 saturated carbocycles. The topological polar surface area (TPSA) is 50.7 Å². The summed E-state index contributed by atoms with van der Waals surface area (Å²) in [6, 6.07) is 14.2. The van der Waals surface area contributed by atoms with Crippen LogP contribution in [0.2, 0.25) is 0 Å². The van der Waals surface area contributed by atoms with Crippen molar-refractivity contribution in [2.75, 3.05) is 6.54 Å². The third-order valence-corrected chi connectivity index (χ3v) is 6.62. The highest BCUT2D eigenvalue weighted by molar-refractivity contribution is 5.49. The summed E-state index contributed by atoms with van der Waals surface area (Å²) in [5.74, 6) is 0.295. The predicted molar refractivity (Wildman–Crippen MR) is 110 cm³/mol. The lowest BCUT2D eigenvalue weighted by Gasteiger charge is -2.62. The van der Waals surface area contributed by atoms with Crippen molar-refractivity contribution in [1.82, 2.24) is 5.32 Å². The average Bonchev–Trinajstić information content (AvgIpc) is 2.74. The van der Waals surface area contributed by atoms with Gasteiger partial charge in [0.1, 0.15) is 5.75 Å². The molecule has 2 aliphatic heterocycles. The van der Waals surface area contributed by atoms with Crippen molar-refractivity contribution < 1.29 is 14.9 Å². The van der Waals surface area contributed by atoms with Gasteiger partial charge < -0.3 is 5.11 Å². The number of fused-ring (bicyclic) bond motifs is 1. The molecule has 0 radical (unpaired) electrons. The number of phenols is 1.